The number of hydrogen-bond donors (Lipinski definition) is 1. The lowest BCUT2D eigenvalue weighted by Gasteiger charge is -2.07. The van der Waals surface area contributed by atoms with E-state index in [1.54, 1.807) is 6.92 Å². The first kappa shape index (κ1) is 8.77. The van der Waals surface area contributed by atoms with E-state index in [1.807, 2.05) is 0 Å². The molecule has 66 valence electrons. The summed E-state index contributed by atoms with van der Waals surface area (Å²) in [6.45, 7) is 2.00. The Kier molecular flexibility index (Phi) is 2.47. The fraction of sp³-hybridized carbons (Fsp3) is 0.250. The molecule has 4 heteroatoms. The smallest absolute Gasteiger partial charge is 0.177 e. The summed E-state index contributed by atoms with van der Waals surface area (Å²) in [4.78, 5) is 0. The van der Waals surface area contributed by atoms with Crippen LogP contribution in [-0.4, -0.2) is 6.61 Å². The highest BCUT2D eigenvalue weighted by molar-refractivity contribution is 5.53. The molecule has 12 heavy (non-hydrogen) atoms. The van der Waals surface area contributed by atoms with Gasteiger partial charge in [-0.15, -0.1) is 0 Å². The monoisotopic (exact) mass is 173 g/mol. The van der Waals surface area contributed by atoms with Crippen LogP contribution in [-0.2, 0) is 0 Å². The highest BCUT2D eigenvalue weighted by Gasteiger charge is 2.08. The van der Waals surface area contributed by atoms with Gasteiger partial charge >= 0.3 is 0 Å². The van der Waals surface area contributed by atoms with E-state index < -0.39 is 11.6 Å². The third kappa shape index (κ3) is 1.64. The minimum atomic E-state index is -0.769. The second-order valence-electron chi connectivity index (χ2n) is 2.24. The van der Waals surface area contributed by atoms with E-state index in [1.165, 1.54) is 0 Å². The van der Waals surface area contributed by atoms with Crippen molar-refractivity contribution in [1.82, 2.24) is 0 Å². The quantitative estimate of drug-likeness (QED) is 0.693. The molecule has 0 unspecified atom stereocenters. The van der Waals surface area contributed by atoms with Crippen LogP contribution in [0.2, 0.25) is 0 Å². The van der Waals surface area contributed by atoms with E-state index in [-0.39, 0.29) is 11.4 Å². The number of ether oxygens (including phenoxy) is 1. The average molecular weight is 173 g/mol. The van der Waals surface area contributed by atoms with Crippen LogP contribution >= 0.6 is 0 Å². The zero-order valence-electron chi connectivity index (χ0n) is 6.60. The zero-order valence-corrected chi connectivity index (χ0v) is 6.60. The van der Waals surface area contributed by atoms with Crippen molar-refractivity contribution in [2.75, 3.05) is 12.3 Å². The van der Waals surface area contributed by atoms with Gasteiger partial charge in [0.2, 0.25) is 0 Å². The van der Waals surface area contributed by atoms with Crippen molar-refractivity contribution in [1.29, 1.82) is 0 Å². The van der Waals surface area contributed by atoms with Gasteiger partial charge in [0.25, 0.3) is 0 Å². The van der Waals surface area contributed by atoms with Crippen LogP contribution in [0.3, 0.4) is 0 Å². The van der Waals surface area contributed by atoms with E-state index in [2.05, 4.69) is 0 Å². The fourth-order valence-electron chi connectivity index (χ4n) is 0.877. The number of nitrogens with two attached hydrogens (primary N) is 1. The topological polar surface area (TPSA) is 35.2 Å². The van der Waals surface area contributed by atoms with E-state index in [0.717, 1.165) is 12.1 Å². The van der Waals surface area contributed by atoms with Gasteiger partial charge in [-0.3, -0.25) is 0 Å². The van der Waals surface area contributed by atoms with Crippen molar-refractivity contribution in [2.24, 2.45) is 0 Å². The Hall–Kier alpha value is -1.32. The van der Waals surface area contributed by atoms with Crippen LogP contribution < -0.4 is 10.5 Å². The van der Waals surface area contributed by atoms with Crippen molar-refractivity contribution < 1.29 is 13.5 Å². The maximum atomic E-state index is 12.9. The molecule has 0 spiro atoms. The standard InChI is InChI=1S/C8H9F2NO/c1-2-12-8-6(10)3-5(9)4-7(8)11/h3-4H,2,11H2,1H3. The first-order chi connectivity index (χ1) is 5.65. The Morgan fingerprint density at radius 2 is 2.08 bits per heavy atom. The fourth-order valence-corrected chi connectivity index (χ4v) is 0.877. The Morgan fingerprint density at radius 1 is 1.42 bits per heavy atom. The molecule has 0 heterocycles. The van der Waals surface area contributed by atoms with Crippen LogP contribution in [0.4, 0.5) is 14.5 Å². The summed E-state index contributed by atoms with van der Waals surface area (Å²) in [5, 5.41) is 0. The Labute approximate surface area is 68.9 Å². The van der Waals surface area contributed by atoms with Gasteiger partial charge in [-0.05, 0) is 6.92 Å². The van der Waals surface area contributed by atoms with Gasteiger partial charge in [0.15, 0.2) is 11.6 Å². The van der Waals surface area contributed by atoms with Gasteiger partial charge in [-0.25, -0.2) is 8.78 Å². The first-order valence-corrected chi connectivity index (χ1v) is 3.52. The van der Waals surface area contributed by atoms with Crippen molar-refractivity contribution in [3.63, 3.8) is 0 Å². The van der Waals surface area contributed by atoms with Gasteiger partial charge in [0.1, 0.15) is 5.82 Å². The average Bonchev–Trinajstić information content (AvgIpc) is 1.96. The summed E-state index contributed by atoms with van der Waals surface area (Å²) in [5.41, 5.74) is 5.28. The van der Waals surface area contributed by atoms with Gasteiger partial charge in [-0.1, -0.05) is 0 Å². The molecule has 0 aliphatic rings. The lowest BCUT2D eigenvalue weighted by Crippen LogP contribution is -2.00. The van der Waals surface area contributed by atoms with E-state index in [4.69, 9.17) is 10.5 Å². The molecule has 0 amide bonds. The van der Waals surface area contributed by atoms with Crippen molar-refractivity contribution in [3.8, 4) is 5.75 Å². The molecule has 2 N–H and O–H groups in total. The minimum Gasteiger partial charge on any atom is -0.489 e. The number of hydrogen-bond acceptors (Lipinski definition) is 2. The summed E-state index contributed by atoms with van der Waals surface area (Å²) in [7, 11) is 0. The third-order valence-corrected chi connectivity index (χ3v) is 1.33. The maximum Gasteiger partial charge on any atom is 0.177 e. The van der Waals surface area contributed by atoms with Gasteiger partial charge in [-0.2, -0.15) is 0 Å². The lowest BCUT2D eigenvalue weighted by molar-refractivity contribution is 0.322. The molecule has 1 aromatic carbocycles. The zero-order chi connectivity index (χ0) is 9.14. The van der Waals surface area contributed by atoms with Gasteiger partial charge in [0, 0.05) is 12.1 Å². The molecule has 1 aromatic rings. The van der Waals surface area contributed by atoms with Gasteiger partial charge in [0.05, 0.1) is 12.3 Å². The third-order valence-electron chi connectivity index (χ3n) is 1.33. The van der Waals surface area contributed by atoms with E-state index in [0.29, 0.717) is 6.61 Å². The predicted molar refractivity (Wildman–Crippen MR) is 41.9 cm³/mol. The molecule has 0 saturated heterocycles. The number of rotatable bonds is 2. The Morgan fingerprint density at radius 3 is 2.58 bits per heavy atom. The summed E-state index contributed by atoms with van der Waals surface area (Å²) in [5.74, 6) is -1.55. The summed E-state index contributed by atoms with van der Waals surface area (Å²) in [6.07, 6.45) is 0. The molecular formula is C8H9F2NO. The highest BCUT2D eigenvalue weighted by Crippen LogP contribution is 2.26. The number of anilines is 1. The Bertz CT molecular complexity index is 265. The second-order valence-corrected chi connectivity index (χ2v) is 2.24. The van der Waals surface area contributed by atoms with Crippen molar-refractivity contribution in [3.05, 3.63) is 23.8 Å². The summed E-state index contributed by atoms with van der Waals surface area (Å²) < 4.78 is 30.2. The molecule has 0 atom stereocenters. The van der Waals surface area contributed by atoms with Crippen LogP contribution in [0, 0.1) is 11.6 Å². The highest BCUT2D eigenvalue weighted by atomic mass is 19.1. The lowest BCUT2D eigenvalue weighted by atomic mass is 10.3. The first-order valence-electron chi connectivity index (χ1n) is 3.52. The molecule has 1 rings (SSSR count). The van der Waals surface area contributed by atoms with Crippen molar-refractivity contribution >= 4 is 5.69 Å². The maximum absolute atomic E-state index is 12.9. The van der Waals surface area contributed by atoms with Crippen molar-refractivity contribution in [2.45, 2.75) is 6.92 Å². The number of halogens is 2. The number of nitrogen functional groups attached to an aromatic ring is 1. The minimum absolute atomic E-state index is 0.0191. The normalized spacial score (nSPS) is 9.92. The molecule has 0 fully saturated rings. The molecule has 0 aliphatic carbocycles. The van der Waals surface area contributed by atoms with E-state index >= 15 is 0 Å². The number of benzene rings is 1. The molecule has 0 aliphatic heterocycles. The van der Waals surface area contributed by atoms with Crippen LogP contribution in [0.15, 0.2) is 12.1 Å². The second kappa shape index (κ2) is 3.38. The van der Waals surface area contributed by atoms with Crippen LogP contribution in [0.1, 0.15) is 6.92 Å². The molecule has 0 radical (unpaired) electrons. The largest absolute Gasteiger partial charge is 0.489 e. The molecule has 0 saturated carbocycles. The summed E-state index contributed by atoms with van der Waals surface area (Å²) in [6, 6.07) is 1.76. The van der Waals surface area contributed by atoms with Gasteiger partial charge < -0.3 is 10.5 Å². The molecule has 2 nitrogen and oxygen atoms in total. The van der Waals surface area contributed by atoms with Crippen LogP contribution in [0.5, 0.6) is 5.75 Å². The Balaban J connectivity index is 3.10. The SMILES string of the molecule is CCOc1c(N)cc(F)cc1F. The molecule has 0 aromatic heterocycles. The molecular weight excluding hydrogens is 164 g/mol. The van der Waals surface area contributed by atoms with E-state index in [9.17, 15) is 8.78 Å². The summed E-state index contributed by atoms with van der Waals surface area (Å²) >= 11 is 0. The van der Waals surface area contributed by atoms with Crippen LogP contribution in [0.25, 0.3) is 0 Å². The molecule has 0 bridgehead atoms. The predicted octanol–water partition coefficient (Wildman–Crippen LogP) is 1.95.